The van der Waals surface area contributed by atoms with Gasteiger partial charge in [-0.1, -0.05) is 35.3 Å². The Morgan fingerprint density at radius 1 is 1.24 bits per heavy atom. The van der Waals surface area contributed by atoms with E-state index in [9.17, 15) is 9.90 Å². The van der Waals surface area contributed by atoms with Gasteiger partial charge in [-0.15, -0.1) is 0 Å². The van der Waals surface area contributed by atoms with E-state index in [4.69, 9.17) is 28.6 Å². The Bertz CT molecular complexity index is 1510. The molecule has 0 radical (unpaired) electrons. The molecule has 9 nitrogen and oxygen atoms in total. The normalized spacial score (nSPS) is 15.9. The molecule has 4 N–H and O–H groups in total. The Balaban J connectivity index is 1.50. The summed E-state index contributed by atoms with van der Waals surface area (Å²) in [7, 11) is 2.00. The van der Waals surface area contributed by atoms with E-state index in [-0.39, 0.29) is 45.5 Å². The maximum Gasteiger partial charge on any atom is 0.333 e. The van der Waals surface area contributed by atoms with Crippen LogP contribution in [0.4, 0.5) is 11.6 Å². The number of likely N-dealkylation sites (N-methyl/N-ethyl adjacent to an activating group) is 1. The largest absolute Gasteiger partial charge is 0.395 e. The average Bonchev–Trinajstić information content (AvgIpc) is 2.80. The zero-order chi connectivity index (χ0) is 24.0. The standard InChI is InChI=1S/C23H21Cl2N7O2/c1-31-10-12-5-6-14(7-13(12)8-15(31)11-33)28-22-27-9-16-20(26)32(23(34)30-21(16)29-22)19-17(24)3-2-4-18(19)25/h2-7,9,15,26,33H,8,10-11H2,1H3,(H2,27,28,29,30,34). The molecule has 1 unspecified atom stereocenters. The zero-order valence-electron chi connectivity index (χ0n) is 18.1. The van der Waals surface area contributed by atoms with Crippen molar-refractivity contribution in [2.24, 2.45) is 0 Å². The van der Waals surface area contributed by atoms with Crippen LogP contribution in [0.5, 0.6) is 0 Å². The first-order chi connectivity index (χ1) is 16.4. The molecule has 2 aromatic heterocycles. The molecular weight excluding hydrogens is 477 g/mol. The van der Waals surface area contributed by atoms with Gasteiger partial charge in [-0.2, -0.15) is 4.98 Å². The van der Waals surface area contributed by atoms with Gasteiger partial charge in [-0.25, -0.2) is 14.3 Å². The van der Waals surface area contributed by atoms with Crippen molar-refractivity contribution in [3.05, 3.63) is 79.7 Å². The van der Waals surface area contributed by atoms with Crippen molar-refractivity contribution in [2.75, 3.05) is 19.0 Å². The third-order valence-electron chi connectivity index (χ3n) is 6.03. The topological polar surface area (TPSA) is 123 Å². The van der Waals surface area contributed by atoms with Crippen molar-refractivity contribution < 1.29 is 5.11 Å². The monoisotopic (exact) mass is 497 g/mol. The molecule has 5 rings (SSSR count). The molecule has 1 atom stereocenters. The predicted molar refractivity (Wildman–Crippen MR) is 131 cm³/mol. The summed E-state index contributed by atoms with van der Waals surface area (Å²) < 4.78 is 1.10. The Labute approximate surface area is 204 Å². The second kappa shape index (κ2) is 8.84. The van der Waals surface area contributed by atoms with Crippen LogP contribution in [0.15, 0.2) is 47.4 Å². The van der Waals surface area contributed by atoms with Gasteiger partial charge in [0.25, 0.3) is 0 Å². The van der Waals surface area contributed by atoms with Gasteiger partial charge in [-0.05, 0) is 48.9 Å². The number of aromatic nitrogens is 4. The van der Waals surface area contributed by atoms with E-state index in [1.54, 1.807) is 18.2 Å². The van der Waals surface area contributed by atoms with E-state index in [0.717, 1.165) is 28.8 Å². The number of aliphatic hydroxyl groups excluding tert-OH is 1. The summed E-state index contributed by atoms with van der Waals surface area (Å²) in [5.41, 5.74) is 2.87. The molecule has 0 bridgehead atoms. The van der Waals surface area contributed by atoms with Gasteiger partial charge >= 0.3 is 5.69 Å². The number of hydrogen-bond donors (Lipinski definition) is 4. The number of hydrogen-bond acceptors (Lipinski definition) is 7. The van der Waals surface area contributed by atoms with Gasteiger partial charge in [0.1, 0.15) is 5.49 Å². The van der Waals surface area contributed by atoms with E-state index in [1.165, 1.54) is 11.8 Å². The zero-order valence-corrected chi connectivity index (χ0v) is 19.7. The maximum absolute atomic E-state index is 12.8. The van der Waals surface area contributed by atoms with E-state index < -0.39 is 5.69 Å². The molecule has 0 saturated heterocycles. The number of benzene rings is 2. The van der Waals surface area contributed by atoms with Crippen LogP contribution in [-0.2, 0) is 13.0 Å². The summed E-state index contributed by atoms with van der Waals surface area (Å²) in [4.78, 5) is 26.4. The number of aliphatic hydroxyl groups is 1. The summed E-state index contributed by atoms with van der Waals surface area (Å²) in [5.74, 6) is 0.280. The SMILES string of the molecule is CN1Cc2ccc(Nc3ncc4c(=N)n(-c5c(Cl)cccc5Cl)c(=O)[nH]c4n3)cc2CC1CO. The lowest BCUT2D eigenvalue weighted by Gasteiger charge is -2.33. The van der Waals surface area contributed by atoms with Gasteiger partial charge in [0.2, 0.25) is 5.95 Å². The molecule has 1 aliphatic heterocycles. The summed E-state index contributed by atoms with van der Waals surface area (Å²) in [6.07, 6.45) is 2.22. The number of rotatable bonds is 4. The molecule has 0 aliphatic carbocycles. The fourth-order valence-electron chi connectivity index (χ4n) is 4.19. The smallest absolute Gasteiger partial charge is 0.333 e. The summed E-state index contributed by atoms with van der Waals surface area (Å²) in [5, 5.41) is 22.2. The lowest BCUT2D eigenvalue weighted by Crippen LogP contribution is -2.39. The number of halogens is 2. The Kier molecular flexibility index (Phi) is 5.86. The number of para-hydroxylation sites is 1. The van der Waals surface area contributed by atoms with E-state index in [0.29, 0.717) is 5.39 Å². The highest BCUT2D eigenvalue weighted by Crippen LogP contribution is 2.27. The van der Waals surface area contributed by atoms with Crippen molar-refractivity contribution in [1.82, 2.24) is 24.4 Å². The highest BCUT2D eigenvalue weighted by molar-refractivity contribution is 6.37. The van der Waals surface area contributed by atoms with Crippen molar-refractivity contribution in [3.63, 3.8) is 0 Å². The molecule has 34 heavy (non-hydrogen) atoms. The Hall–Kier alpha value is -3.24. The average molecular weight is 498 g/mol. The number of fused-ring (bicyclic) bond motifs is 2. The van der Waals surface area contributed by atoms with Crippen LogP contribution in [0.1, 0.15) is 11.1 Å². The third kappa shape index (κ3) is 3.97. The van der Waals surface area contributed by atoms with Crippen LogP contribution in [-0.4, -0.2) is 49.2 Å². The first kappa shape index (κ1) is 22.5. The lowest BCUT2D eigenvalue weighted by atomic mass is 9.94. The Morgan fingerprint density at radius 2 is 2.00 bits per heavy atom. The van der Waals surface area contributed by atoms with Crippen LogP contribution < -0.4 is 16.5 Å². The predicted octanol–water partition coefficient (Wildman–Crippen LogP) is 2.99. The van der Waals surface area contributed by atoms with Crippen molar-refractivity contribution >= 4 is 45.9 Å². The quantitative estimate of drug-likeness (QED) is 0.343. The number of aromatic amines is 1. The number of nitrogens with zero attached hydrogens (tertiary/aromatic N) is 4. The summed E-state index contributed by atoms with van der Waals surface area (Å²) >= 11 is 12.5. The molecule has 0 saturated carbocycles. The molecule has 3 heterocycles. The molecule has 1 aliphatic rings. The molecule has 11 heteroatoms. The molecule has 174 valence electrons. The van der Waals surface area contributed by atoms with Gasteiger partial charge < -0.3 is 10.4 Å². The molecular formula is C23H21Cl2N7O2. The second-order valence-corrected chi connectivity index (χ2v) is 9.02. The van der Waals surface area contributed by atoms with E-state index in [1.807, 2.05) is 25.2 Å². The highest BCUT2D eigenvalue weighted by atomic mass is 35.5. The minimum absolute atomic E-state index is 0.0820. The first-order valence-electron chi connectivity index (χ1n) is 10.6. The van der Waals surface area contributed by atoms with Crippen LogP contribution in [0, 0.1) is 5.41 Å². The number of anilines is 2. The first-order valence-corrected chi connectivity index (χ1v) is 11.3. The van der Waals surface area contributed by atoms with Crippen molar-refractivity contribution in [2.45, 2.75) is 19.0 Å². The van der Waals surface area contributed by atoms with Gasteiger partial charge in [0.15, 0.2) is 5.65 Å². The summed E-state index contributed by atoms with van der Waals surface area (Å²) in [6.45, 7) is 0.875. The third-order valence-corrected chi connectivity index (χ3v) is 6.64. The summed E-state index contributed by atoms with van der Waals surface area (Å²) in [6, 6.07) is 11.0. The van der Waals surface area contributed by atoms with Gasteiger partial charge in [0.05, 0.1) is 27.7 Å². The molecule has 0 fully saturated rings. The van der Waals surface area contributed by atoms with Crippen molar-refractivity contribution in [3.8, 4) is 5.69 Å². The van der Waals surface area contributed by atoms with Crippen LogP contribution in [0.3, 0.4) is 0 Å². The van der Waals surface area contributed by atoms with Crippen LogP contribution in [0.2, 0.25) is 10.0 Å². The van der Waals surface area contributed by atoms with Gasteiger partial charge in [0, 0.05) is 24.5 Å². The minimum Gasteiger partial charge on any atom is -0.395 e. The fourth-order valence-corrected chi connectivity index (χ4v) is 4.76. The van der Waals surface area contributed by atoms with E-state index in [2.05, 4.69) is 25.2 Å². The van der Waals surface area contributed by atoms with Gasteiger partial charge in [-0.3, -0.25) is 15.3 Å². The second-order valence-electron chi connectivity index (χ2n) is 8.20. The number of H-pyrrole nitrogens is 1. The highest BCUT2D eigenvalue weighted by Gasteiger charge is 2.23. The Morgan fingerprint density at radius 3 is 2.74 bits per heavy atom. The molecule has 0 amide bonds. The fraction of sp³-hybridized carbons (Fsp3) is 0.217. The lowest BCUT2D eigenvalue weighted by molar-refractivity contribution is 0.131. The van der Waals surface area contributed by atoms with Crippen LogP contribution in [0.25, 0.3) is 16.7 Å². The van der Waals surface area contributed by atoms with Crippen LogP contribution >= 0.6 is 23.2 Å². The molecule has 2 aromatic carbocycles. The number of nitrogens with one attached hydrogen (secondary N) is 3. The van der Waals surface area contributed by atoms with Crippen molar-refractivity contribution in [1.29, 1.82) is 5.41 Å². The molecule has 0 spiro atoms. The minimum atomic E-state index is -0.593. The van der Waals surface area contributed by atoms with E-state index >= 15 is 0 Å². The molecule has 4 aromatic rings. The maximum atomic E-state index is 12.8.